The van der Waals surface area contributed by atoms with Crippen molar-refractivity contribution in [1.82, 2.24) is 9.97 Å². The highest BCUT2D eigenvalue weighted by molar-refractivity contribution is 6.16. The van der Waals surface area contributed by atoms with Gasteiger partial charge in [-0.05, 0) is 41.8 Å². The lowest BCUT2D eigenvalue weighted by Crippen LogP contribution is -2.11. The highest BCUT2D eigenvalue weighted by atomic mass is 16.3. The van der Waals surface area contributed by atoms with Crippen LogP contribution in [0, 0.1) is 0 Å². The van der Waals surface area contributed by atoms with Gasteiger partial charge in [-0.1, -0.05) is 66.7 Å². The average Bonchev–Trinajstić information content (AvgIpc) is 3.53. The number of nitrogens with zero attached hydrogens (tertiary/aromatic N) is 3. The molecule has 37 heavy (non-hydrogen) atoms. The number of para-hydroxylation sites is 2. The first-order valence-electron chi connectivity index (χ1n) is 12.2. The molecule has 5 nitrogen and oxygen atoms in total. The zero-order chi connectivity index (χ0) is 24.3. The summed E-state index contributed by atoms with van der Waals surface area (Å²) in [6.07, 6.45) is 3.65. The third-order valence-corrected chi connectivity index (χ3v) is 6.98. The predicted molar refractivity (Wildman–Crippen MR) is 149 cm³/mol. The fourth-order valence-electron chi connectivity index (χ4n) is 5.38. The Hall–Kier alpha value is -5.16. The van der Waals surface area contributed by atoms with E-state index in [0.29, 0.717) is 5.71 Å². The molecule has 0 saturated heterocycles. The SMILES string of the molecule is c1ccc2c(N(c3ccnc4c3oc3ccccc34)c3ccnc4oc5ccccc5c34)cccc2c1. The molecule has 0 aliphatic heterocycles. The van der Waals surface area contributed by atoms with Crippen molar-refractivity contribution in [2.75, 3.05) is 4.90 Å². The van der Waals surface area contributed by atoms with Gasteiger partial charge in [0.1, 0.15) is 16.7 Å². The summed E-state index contributed by atoms with van der Waals surface area (Å²) in [5.74, 6) is 0. The van der Waals surface area contributed by atoms with Crippen LogP contribution in [-0.4, -0.2) is 9.97 Å². The van der Waals surface area contributed by atoms with E-state index in [4.69, 9.17) is 13.8 Å². The molecule has 0 fully saturated rings. The first-order valence-corrected chi connectivity index (χ1v) is 12.2. The van der Waals surface area contributed by atoms with Crippen molar-refractivity contribution < 1.29 is 8.83 Å². The van der Waals surface area contributed by atoms with Crippen LogP contribution in [0.1, 0.15) is 0 Å². The van der Waals surface area contributed by atoms with Gasteiger partial charge < -0.3 is 13.7 Å². The van der Waals surface area contributed by atoms with Gasteiger partial charge in [0.2, 0.25) is 5.71 Å². The molecular weight excluding hydrogens is 458 g/mol. The van der Waals surface area contributed by atoms with E-state index in [9.17, 15) is 0 Å². The highest BCUT2D eigenvalue weighted by Crippen LogP contribution is 2.46. The van der Waals surface area contributed by atoms with Crippen molar-refractivity contribution >= 4 is 72.0 Å². The summed E-state index contributed by atoms with van der Waals surface area (Å²) in [5.41, 5.74) is 6.66. The first-order chi connectivity index (χ1) is 18.4. The molecule has 0 radical (unpaired) electrons. The monoisotopic (exact) mass is 477 g/mol. The van der Waals surface area contributed by atoms with Crippen molar-refractivity contribution in [3.8, 4) is 0 Å². The third-order valence-electron chi connectivity index (χ3n) is 6.98. The summed E-state index contributed by atoms with van der Waals surface area (Å²) in [5, 5.41) is 5.24. The second-order valence-electron chi connectivity index (χ2n) is 9.05. The second-order valence-corrected chi connectivity index (χ2v) is 9.05. The number of hydrogen-bond acceptors (Lipinski definition) is 5. The number of pyridine rings is 2. The third kappa shape index (κ3) is 2.91. The van der Waals surface area contributed by atoms with Crippen molar-refractivity contribution in [1.29, 1.82) is 0 Å². The minimum Gasteiger partial charge on any atom is -0.452 e. The number of fused-ring (bicyclic) bond motifs is 7. The van der Waals surface area contributed by atoms with Gasteiger partial charge in [0.25, 0.3) is 0 Å². The fraction of sp³-hybridized carbons (Fsp3) is 0. The lowest BCUT2D eigenvalue weighted by atomic mass is 10.1. The fourth-order valence-corrected chi connectivity index (χ4v) is 5.38. The number of aromatic nitrogens is 2. The van der Waals surface area contributed by atoms with Gasteiger partial charge in [-0.15, -0.1) is 0 Å². The van der Waals surface area contributed by atoms with E-state index in [0.717, 1.165) is 66.3 Å². The quantitative estimate of drug-likeness (QED) is 0.254. The van der Waals surface area contributed by atoms with Gasteiger partial charge in [0, 0.05) is 28.6 Å². The maximum Gasteiger partial charge on any atom is 0.229 e. The Kier molecular flexibility index (Phi) is 4.16. The molecule has 4 heterocycles. The van der Waals surface area contributed by atoms with Crippen molar-refractivity contribution in [3.63, 3.8) is 0 Å². The second kappa shape index (κ2) is 7.67. The zero-order valence-electron chi connectivity index (χ0n) is 19.6. The molecule has 4 aromatic carbocycles. The van der Waals surface area contributed by atoms with Gasteiger partial charge in [-0.3, -0.25) is 4.98 Å². The Morgan fingerprint density at radius 3 is 2.08 bits per heavy atom. The van der Waals surface area contributed by atoms with Gasteiger partial charge >= 0.3 is 0 Å². The summed E-state index contributed by atoms with van der Waals surface area (Å²) < 4.78 is 12.6. The van der Waals surface area contributed by atoms with Crippen LogP contribution in [-0.2, 0) is 0 Å². The number of hydrogen-bond donors (Lipinski definition) is 0. The van der Waals surface area contributed by atoms with Crippen LogP contribution in [0.5, 0.6) is 0 Å². The van der Waals surface area contributed by atoms with Crippen LogP contribution in [0.2, 0.25) is 0 Å². The summed E-state index contributed by atoms with van der Waals surface area (Å²) in [6, 6.07) is 34.9. The van der Waals surface area contributed by atoms with Crippen LogP contribution in [0.15, 0.2) is 124 Å². The molecule has 5 heteroatoms. The van der Waals surface area contributed by atoms with E-state index in [1.165, 1.54) is 0 Å². The van der Waals surface area contributed by atoms with Gasteiger partial charge in [0.05, 0.1) is 22.4 Å². The van der Waals surface area contributed by atoms with Gasteiger partial charge in [-0.2, -0.15) is 0 Å². The normalized spacial score (nSPS) is 11.8. The summed E-state index contributed by atoms with van der Waals surface area (Å²) in [7, 11) is 0. The molecule has 8 aromatic rings. The maximum absolute atomic E-state index is 6.46. The topological polar surface area (TPSA) is 55.3 Å². The molecule has 8 rings (SSSR count). The van der Waals surface area contributed by atoms with Crippen LogP contribution in [0.4, 0.5) is 17.1 Å². The number of furan rings is 2. The smallest absolute Gasteiger partial charge is 0.229 e. The Morgan fingerprint density at radius 1 is 0.514 bits per heavy atom. The maximum atomic E-state index is 6.46. The molecule has 0 N–H and O–H groups in total. The average molecular weight is 478 g/mol. The van der Waals surface area contributed by atoms with Gasteiger partial charge in [0.15, 0.2) is 5.58 Å². The molecule has 174 valence electrons. The highest BCUT2D eigenvalue weighted by Gasteiger charge is 2.24. The van der Waals surface area contributed by atoms with E-state index in [2.05, 4.69) is 64.5 Å². The van der Waals surface area contributed by atoms with E-state index in [1.807, 2.05) is 54.7 Å². The van der Waals surface area contributed by atoms with E-state index in [-0.39, 0.29) is 0 Å². The van der Waals surface area contributed by atoms with Crippen LogP contribution in [0.25, 0.3) is 54.9 Å². The number of anilines is 3. The zero-order valence-corrected chi connectivity index (χ0v) is 19.6. The molecule has 0 unspecified atom stereocenters. The lowest BCUT2D eigenvalue weighted by Gasteiger charge is -2.27. The first kappa shape index (κ1) is 20.1. The van der Waals surface area contributed by atoms with E-state index < -0.39 is 0 Å². The molecular formula is C32H19N3O2. The Labute approximate surface area is 211 Å². The molecule has 0 saturated carbocycles. The Morgan fingerprint density at radius 2 is 1.19 bits per heavy atom. The molecule has 0 atom stereocenters. The minimum absolute atomic E-state index is 0.596. The predicted octanol–water partition coefficient (Wildman–Crippen LogP) is 8.90. The summed E-state index contributed by atoms with van der Waals surface area (Å²) in [4.78, 5) is 11.5. The van der Waals surface area contributed by atoms with Crippen molar-refractivity contribution in [2.24, 2.45) is 0 Å². The molecule has 0 spiro atoms. The summed E-state index contributed by atoms with van der Waals surface area (Å²) >= 11 is 0. The number of rotatable bonds is 3. The van der Waals surface area contributed by atoms with Crippen LogP contribution >= 0.6 is 0 Å². The van der Waals surface area contributed by atoms with E-state index in [1.54, 1.807) is 6.20 Å². The van der Waals surface area contributed by atoms with Crippen molar-refractivity contribution in [3.05, 3.63) is 116 Å². The number of benzene rings is 4. The molecule has 0 amide bonds. The Bertz CT molecular complexity index is 2120. The van der Waals surface area contributed by atoms with Crippen LogP contribution < -0.4 is 4.90 Å². The molecule has 0 aliphatic rings. The summed E-state index contributed by atoms with van der Waals surface area (Å²) in [6.45, 7) is 0. The van der Waals surface area contributed by atoms with Crippen molar-refractivity contribution in [2.45, 2.75) is 0 Å². The minimum atomic E-state index is 0.596. The molecule has 4 aromatic heterocycles. The lowest BCUT2D eigenvalue weighted by molar-refractivity contribution is 0.654. The van der Waals surface area contributed by atoms with Gasteiger partial charge in [-0.25, -0.2) is 4.98 Å². The molecule has 0 aliphatic carbocycles. The molecule has 0 bridgehead atoms. The standard InChI is InChI=1S/C32H19N3O2/c1-2-10-21-20(8-1)9-7-13-24(21)35(25-16-19-34-32-29(25)22-11-3-5-14-27(22)37-32)26-17-18-33-30-23-12-4-6-15-28(23)36-31(26)30/h1-19H. The Balaban J connectivity index is 1.54. The van der Waals surface area contributed by atoms with Crippen LogP contribution in [0.3, 0.4) is 0 Å². The van der Waals surface area contributed by atoms with E-state index >= 15 is 0 Å². The largest absolute Gasteiger partial charge is 0.452 e.